The molecule has 2 aliphatic heterocycles. The van der Waals surface area contributed by atoms with Gasteiger partial charge in [-0.25, -0.2) is 4.98 Å². The molecule has 0 unspecified atom stereocenters. The van der Waals surface area contributed by atoms with Crippen LogP contribution in [0.3, 0.4) is 0 Å². The number of nitrogens with one attached hydrogen (secondary N) is 1. The molecule has 3 rings (SSSR count). The predicted octanol–water partition coefficient (Wildman–Crippen LogP) is 1.77. The van der Waals surface area contributed by atoms with E-state index >= 15 is 0 Å². The van der Waals surface area contributed by atoms with Crippen LogP contribution in [0.2, 0.25) is 5.02 Å². The number of halogens is 1. The van der Waals surface area contributed by atoms with Crippen molar-refractivity contribution in [3.05, 3.63) is 23.4 Å². The summed E-state index contributed by atoms with van der Waals surface area (Å²) < 4.78 is 0. The third-order valence-electron chi connectivity index (χ3n) is 4.60. The van der Waals surface area contributed by atoms with Crippen LogP contribution >= 0.6 is 11.6 Å². The molecule has 0 radical (unpaired) electrons. The third-order valence-corrected chi connectivity index (χ3v) is 4.82. The molecular weight excluding hydrogens is 300 g/mol. The molecular formula is C16H23ClN4O. The maximum atomic E-state index is 12.6. The number of pyridine rings is 1. The van der Waals surface area contributed by atoms with Crippen molar-refractivity contribution in [1.82, 2.24) is 15.2 Å². The van der Waals surface area contributed by atoms with Crippen molar-refractivity contribution >= 4 is 23.3 Å². The van der Waals surface area contributed by atoms with Gasteiger partial charge in [-0.05, 0) is 38.4 Å². The van der Waals surface area contributed by atoms with E-state index in [4.69, 9.17) is 11.6 Å². The van der Waals surface area contributed by atoms with Crippen LogP contribution in [0.1, 0.15) is 19.8 Å². The molecule has 3 heterocycles. The van der Waals surface area contributed by atoms with Gasteiger partial charge in [0.15, 0.2) is 0 Å². The number of hydrogen-bond acceptors (Lipinski definition) is 4. The normalized spacial score (nSPS) is 26.1. The molecule has 0 bridgehead atoms. The van der Waals surface area contributed by atoms with Crippen LogP contribution in [0, 0.1) is 5.92 Å². The molecule has 6 heteroatoms. The van der Waals surface area contributed by atoms with E-state index in [0.29, 0.717) is 17.0 Å². The average Bonchev–Trinajstić information content (AvgIpc) is 2.55. The molecule has 2 atom stereocenters. The van der Waals surface area contributed by atoms with Gasteiger partial charge < -0.3 is 15.1 Å². The lowest BCUT2D eigenvalue weighted by Gasteiger charge is -2.38. The monoisotopic (exact) mass is 322 g/mol. The highest BCUT2D eigenvalue weighted by Crippen LogP contribution is 2.21. The molecule has 1 aromatic rings. The van der Waals surface area contributed by atoms with E-state index < -0.39 is 0 Å². The van der Waals surface area contributed by atoms with E-state index in [1.54, 1.807) is 6.20 Å². The van der Waals surface area contributed by atoms with Gasteiger partial charge in [-0.3, -0.25) is 4.79 Å². The molecule has 5 nitrogen and oxygen atoms in total. The number of nitrogens with zero attached hydrogens (tertiary/aromatic N) is 3. The standard InChI is InChI=1S/C16H23ClN4O/c1-12-10-13(4-5-18-12)16(22)21-8-6-20(7-9-21)15-3-2-14(17)11-19-15/h2-3,11-13,18H,4-10H2,1H3/t12-,13-/m0/s1. The van der Waals surface area contributed by atoms with Crippen LogP contribution in [0.15, 0.2) is 18.3 Å². The van der Waals surface area contributed by atoms with Gasteiger partial charge in [-0.1, -0.05) is 11.6 Å². The Morgan fingerprint density at radius 1 is 1.32 bits per heavy atom. The van der Waals surface area contributed by atoms with Crippen LogP contribution in [-0.2, 0) is 4.79 Å². The number of piperidine rings is 1. The maximum absolute atomic E-state index is 12.6. The summed E-state index contributed by atoms with van der Waals surface area (Å²) in [5.74, 6) is 1.46. The Morgan fingerprint density at radius 2 is 2.09 bits per heavy atom. The Hall–Kier alpha value is -1.33. The van der Waals surface area contributed by atoms with Crippen molar-refractivity contribution in [1.29, 1.82) is 0 Å². The highest BCUT2D eigenvalue weighted by molar-refractivity contribution is 6.30. The largest absolute Gasteiger partial charge is 0.353 e. The first-order valence-electron chi connectivity index (χ1n) is 8.02. The van der Waals surface area contributed by atoms with Crippen molar-refractivity contribution < 1.29 is 4.79 Å². The van der Waals surface area contributed by atoms with Gasteiger partial charge in [0.2, 0.25) is 5.91 Å². The Morgan fingerprint density at radius 3 is 2.73 bits per heavy atom. The van der Waals surface area contributed by atoms with Crippen molar-refractivity contribution in [3.8, 4) is 0 Å². The molecule has 2 fully saturated rings. The average molecular weight is 323 g/mol. The summed E-state index contributed by atoms with van der Waals surface area (Å²) in [6, 6.07) is 4.24. The number of carbonyl (C=O) groups excluding carboxylic acids is 1. The minimum absolute atomic E-state index is 0.191. The first-order chi connectivity index (χ1) is 10.6. The smallest absolute Gasteiger partial charge is 0.225 e. The number of piperazine rings is 1. The maximum Gasteiger partial charge on any atom is 0.225 e. The molecule has 0 aromatic carbocycles. The van der Waals surface area contributed by atoms with Gasteiger partial charge >= 0.3 is 0 Å². The van der Waals surface area contributed by atoms with E-state index in [-0.39, 0.29) is 5.92 Å². The van der Waals surface area contributed by atoms with Crippen LogP contribution in [0.4, 0.5) is 5.82 Å². The lowest BCUT2D eigenvalue weighted by Crippen LogP contribution is -2.52. The lowest BCUT2D eigenvalue weighted by atomic mass is 9.92. The topological polar surface area (TPSA) is 48.5 Å². The molecule has 0 spiro atoms. The summed E-state index contributed by atoms with van der Waals surface area (Å²) in [6.45, 7) is 6.33. The highest BCUT2D eigenvalue weighted by atomic mass is 35.5. The minimum Gasteiger partial charge on any atom is -0.353 e. The van der Waals surface area contributed by atoms with Gasteiger partial charge in [0.25, 0.3) is 0 Å². The molecule has 22 heavy (non-hydrogen) atoms. The minimum atomic E-state index is 0.191. The molecule has 2 saturated heterocycles. The molecule has 1 aromatic heterocycles. The van der Waals surface area contributed by atoms with Gasteiger partial charge in [-0.15, -0.1) is 0 Å². The number of anilines is 1. The zero-order valence-electron chi connectivity index (χ0n) is 13.0. The number of aromatic nitrogens is 1. The SMILES string of the molecule is C[C@H]1C[C@@H](C(=O)N2CCN(c3ccc(Cl)cn3)CC2)CCN1. The van der Waals surface area contributed by atoms with Gasteiger partial charge in [0.05, 0.1) is 5.02 Å². The molecule has 1 amide bonds. The van der Waals surface area contributed by atoms with Crippen molar-refractivity contribution in [2.75, 3.05) is 37.6 Å². The Labute approximate surface area is 136 Å². The van der Waals surface area contributed by atoms with E-state index in [1.807, 2.05) is 17.0 Å². The summed E-state index contributed by atoms with van der Waals surface area (Å²) in [4.78, 5) is 21.2. The Balaban J connectivity index is 1.55. The van der Waals surface area contributed by atoms with Gasteiger partial charge in [0, 0.05) is 44.3 Å². The second-order valence-corrected chi connectivity index (χ2v) is 6.66. The molecule has 2 aliphatic rings. The number of rotatable bonds is 2. The predicted molar refractivity (Wildman–Crippen MR) is 88.2 cm³/mol. The zero-order valence-corrected chi connectivity index (χ0v) is 13.7. The molecule has 1 N–H and O–H groups in total. The summed E-state index contributed by atoms with van der Waals surface area (Å²) in [5, 5.41) is 4.06. The van der Waals surface area contributed by atoms with Crippen LogP contribution in [-0.4, -0.2) is 54.6 Å². The summed E-state index contributed by atoms with van der Waals surface area (Å²) in [6.07, 6.45) is 3.59. The van der Waals surface area contributed by atoms with E-state index in [1.165, 1.54) is 0 Å². The first-order valence-corrected chi connectivity index (χ1v) is 8.40. The Bertz CT molecular complexity index is 513. The zero-order chi connectivity index (χ0) is 15.5. The van der Waals surface area contributed by atoms with Crippen LogP contribution in [0.25, 0.3) is 0 Å². The summed E-state index contributed by atoms with van der Waals surface area (Å²) in [7, 11) is 0. The molecule has 120 valence electrons. The van der Waals surface area contributed by atoms with Gasteiger partial charge in [-0.2, -0.15) is 0 Å². The second-order valence-electron chi connectivity index (χ2n) is 6.22. The van der Waals surface area contributed by atoms with E-state index in [0.717, 1.165) is 51.4 Å². The van der Waals surface area contributed by atoms with E-state index in [2.05, 4.69) is 22.1 Å². The summed E-state index contributed by atoms with van der Waals surface area (Å²) >= 11 is 5.87. The number of hydrogen-bond donors (Lipinski definition) is 1. The van der Waals surface area contributed by atoms with Crippen molar-refractivity contribution in [2.24, 2.45) is 5.92 Å². The third kappa shape index (κ3) is 3.52. The fraction of sp³-hybridized carbons (Fsp3) is 0.625. The number of carbonyl (C=O) groups is 1. The second kappa shape index (κ2) is 6.84. The fourth-order valence-electron chi connectivity index (χ4n) is 3.33. The Kier molecular flexibility index (Phi) is 4.84. The van der Waals surface area contributed by atoms with Crippen molar-refractivity contribution in [3.63, 3.8) is 0 Å². The fourth-order valence-corrected chi connectivity index (χ4v) is 3.44. The van der Waals surface area contributed by atoms with Crippen LogP contribution in [0.5, 0.6) is 0 Å². The van der Waals surface area contributed by atoms with Crippen molar-refractivity contribution in [2.45, 2.75) is 25.8 Å². The molecule has 0 saturated carbocycles. The highest BCUT2D eigenvalue weighted by Gasteiger charge is 2.30. The number of amides is 1. The lowest BCUT2D eigenvalue weighted by molar-refractivity contribution is -0.137. The van der Waals surface area contributed by atoms with Crippen LogP contribution < -0.4 is 10.2 Å². The quantitative estimate of drug-likeness (QED) is 0.901. The summed E-state index contributed by atoms with van der Waals surface area (Å²) in [5.41, 5.74) is 0. The first kappa shape index (κ1) is 15.6. The van der Waals surface area contributed by atoms with E-state index in [9.17, 15) is 4.79 Å². The molecule has 0 aliphatic carbocycles. The van der Waals surface area contributed by atoms with Gasteiger partial charge in [0.1, 0.15) is 5.82 Å².